The molecular weight excluding hydrogens is 441 g/mol. The number of carbonyl (C=O) groups is 1. The van der Waals surface area contributed by atoms with Crippen LogP contribution >= 0.6 is 0 Å². The number of para-hydroxylation sites is 1. The minimum Gasteiger partial charge on any atom is -0.348 e. The Kier molecular flexibility index (Phi) is 6.59. The van der Waals surface area contributed by atoms with Crippen LogP contribution in [0.25, 0.3) is 0 Å². The average molecular weight is 462 g/mol. The van der Waals surface area contributed by atoms with E-state index in [4.69, 9.17) is 0 Å². The quantitative estimate of drug-likeness (QED) is 0.538. The fraction of sp³-hybridized carbons (Fsp3) is 0.174. The van der Waals surface area contributed by atoms with Gasteiger partial charge in [0.1, 0.15) is 0 Å². The Morgan fingerprint density at radius 1 is 0.906 bits per heavy atom. The van der Waals surface area contributed by atoms with Crippen LogP contribution < -0.4 is 10.0 Å². The Hall–Kier alpha value is -3.33. The highest BCUT2D eigenvalue weighted by Crippen LogP contribution is 2.29. The normalized spacial score (nSPS) is 11.8. The maximum atomic E-state index is 12.9. The molecule has 3 aromatic rings. The van der Waals surface area contributed by atoms with Gasteiger partial charge >= 0.3 is 6.18 Å². The standard InChI is InChI=1S/C23H21F3N2O3S/c1-15-6-3-4-9-20(15)28-32(30,31)21-13-18(11-10-16(21)2)22(29)27-14-17-7-5-8-19(12-17)23(24,25)26/h3-13,28H,14H2,1-2H3,(H,27,29). The summed E-state index contributed by atoms with van der Waals surface area (Å²) in [6, 6.07) is 15.7. The fourth-order valence-electron chi connectivity index (χ4n) is 3.06. The zero-order chi connectivity index (χ0) is 23.5. The van der Waals surface area contributed by atoms with Crippen molar-refractivity contribution in [3.8, 4) is 0 Å². The van der Waals surface area contributed by atoms with E-state index in [1.165, 1.54) is 30.3 Å². The minimum absolute atomic E-state index is 0.0625. The lowest BCUT2D eigenvalue weighted by Gasteiger charge is -2.14. The van der Waals surface area contributed by atoms with Crippen LogP contribution in [-0.2, 0) is 22.7 Å². The molecule has 0 spiro atoms. The summed E-state index contributed by atoms with van der Waals surface area (Å²) in [4.78, 5) is 12.5. The molecule has 3 aromatic carbocycles. The van der Waals surface area contributed by atoms with E-state index < -0.39 is 27.7 Å². The largest absolute Gasteiger partial charge is 0.416 e. The van der Waals surface area contributed by atoms with Crippen LogP contribution in [0.5, 0.6) is 0 Å². The van der Waals surface area contributed by atoms with Crippen molar-refractivity contribution in [2.24, 2.45) is 0 Å². The van der Waals surface area contributed by atoms with E-state index >= 15 is 0 Å². The maximum absolute atomic E-state index is 12.9. The Bertz CT molecular complexity index is 1260. The van der Waals surface area contributed by atoms with Crippen LogP contribution in [0, 0.1) is 13.8 Å². The highest BCUT2D eigenvalue weighted by Gasteiger charge is 2.30. The molecule has 0 fully saturated rings. The molecule has 168 valence electrons. The molecule has 1 amide bonds. The number of hydrogen-bond donors (Lipinski definition) is 2. The summed E-state index contributed by atoms with van der Waals surface area (Å²) in [5.41, 5.74) is 1.15. The predicted molar refractivity (Wildman–Crippen MR) is 116 cm³/mol. The third-order valence-electron chi connectivity index (χ3n) is 4.84. The van der Waals surface area contributed by atoms with E-state index in [1.807, 2.05) is 0 Å². The van der Waals surface area contributed by atoms with E-state index in [2.05, 4.69) is 10.0 Å². The second-order valence-electron chi connectivity index (χ2n) is 7.28. The molecule has 0 saturated carbocycles. The van der Waals surface area contributed by atoms with Crippen molar-refractivity contribution in [2.45, 2.75) is 31.5 Å². The van der Waals surface area contributed by atoms with Gasteiger partial charge in [0.25, 0.3) is 15.9 Å². The number of sulfonamides is 1. The zero-order valence-electron chi connectivity index (χ0n) is 17.3. The van der Waals surface area contributed by atoms with Crippen LogP contribution in [0.3, 0.4) is 0 Å². The van der Waals surface area contributed by atoms with Crippen LogP contribution in [-0.4, -0.2) is 14.3 Å². The molecule has 0 saturated heterocycles. The van der Waals surface area contributed by atoms with Crippen LogP contribution in [0.1, 0.15) is 32.6 Å². The number of amides is 1. The van der Waals surface area contributed by atoms with Gasteiger partial charge in [0.2, 0.25) is 0 Å². The Balaban J connectivity index is 1.79. The lowest BCUT2D eigenvalue weighted by atomic mass is 10.1. The lowest BCUT2D eigenvalue weighted by molar-refractivity contribution is -0.137. The van der Waals surface area contributed by atoms with Gasteiger partial charge in [-0.2, -0.15) is 13.2 Å². The number of rotatable bonds is 6. The first kappa shape index (κ1) is 23.3. The minimum atomic E-state index is -4.48. The molecule has 0 aliphatic rings. The first-order valence-corrected chi connectivity index (χ1v) is 11.1. The fourth-order valence-corrected chi connectivity index (χ4v) is 4.46. The molecule has 5 nitrogen and oxygen atoms in total. The second kappa shape index (κ2) is 9.04. The van der Waals surface area contributed by atoms with Gasteiger partial charge in [-0.3, -0.25) is 9.52 Å². The topological polar surface area (TPSA) is 75.3 Å². The molecule has 0 aromatic heterocycles. The molecule has 0 aliphatic heterocycles. The summed E-state index contributed by atoms with van der Waals surface area (Å²) in [7, 11) is -3.97. The van der Waals surface area contributed by atoms with Crippen LogP contribution in [0.2, 0.25) is 0 Å². The lowest BCUT2D eigenvalue weighted by Crippen LogP contribution is -2.24. The van der Waals surface area contributed by atoms with E-state index in [-0.39, 0.29) is 22.6 Å². The number of nitrogens with one attached hydrogen (secondary N) is 2. The summed E-state index contributed by atoms with van der Waals surface area (Å²) >= 11 is 0. The number of aryl methyl sites for hydroxylation is 2. The molecule has 0 heterocycles. The summed E-state index contributed by atoms with van der Waals surface area (Å²) in [5, 5.41) is 2.53. The monoisotopic (exact) mass is 462 g/mol. The zero-order valence-corrected chi connectivity index (χ0v) is 18.1. The molecule has 32 heavy (non-hydrogen) atoms. The SMILES string of the molecule is Cc1ccccc1NS(=O)(=O)c1cc(C(=O)NCc2cccc(C(F)(F)F)c2)ccc1C. The third-order valence-corrected chi connectivity index (χ3v) is 6.34. The summed E-state index contributed by atoms with van der Waals surface area (Å²) in [5.74, 6) is -0.602. The van der Waals surface area contributed by atoms with Gasteiger partial charge in [-0.1, -0.05) is 36.4 Å². The first-order chi connectivity index (χ1) is 15.0. The van der Waals surface area contributed by atoms with Crippen molar-refractivity contribution in [3.63, 3.8) is 0 Å². The van der Waals surface area contributed by atoms with Gasteiger partial charge in [0.05, 0.1) is 16.1 Å². The average Bonchev–Trinajstić information content (AvgIpc) is 2.73. The first-order valence-electron chi connectivity index (χ1n) is 9.61. The smallest absolute Gasteiger partial charge is 0.348 e. The molecule has 0 radical (unpaired) electrons. The van der Waals surface area contributed by atoms with Gasteiger partial charge in [-0.25, -0.2) is 8.42 Å². The number of anilines is 1. The van der Waals surface area contributed by atoms with Gasteiger partial charge in [0.15, 0.2) is 0 Å². The molecular formula is C23H21F3N2O3S. The molecule has 3 rings (SSSR count). The molecule has 0 unspecified atom stereocenters. The highest BCUT2D eigenvalue weighted by atomic mass is 32.2. The predicted octanol–water partition coefficient (Wildman–Crippen LogP) is 5.05. The van der Waals surface area contributed by atoms with Gasteiger partial charge in [-0.05, 0) is 60.9 Å². The van der Waals surface area contributed by atoms with Crippen molar-refractivity contribution in [1.29, 1.82) is 0 Å². The summed E-state index contributed by atoms with van der Waals surface area (Å²) < 4.78 is 66.9. The van der Waals surface area contributed by atoms with Crippen molar-refractivity contribution >= 4 is 21.6 Å². The molecule has 0 atom stereocenters. The number of alkyl halides is 3. The van der Waals surface area contributed by atoms with E-state index in [1.54, 1.807) is 38.1 Å². The van der Waals surface area contributed by atoms with Crippen LogP contribution in [0.4, 0.5) is 18.9 Å². The number of hydrogen-bond acceptors (Lipinski definition) is 3. The third kappa shape index (κ3) is 5.47. The molecule has 2 N–H and O–H groups in total. The molecule has 9 heteroatoms. The number of benzene rings is 3. The molecule has 0 aliphatic carbocycles. The van der Waals surface area contributed by atoms with Gasteiger partial charge in [-0.15, -0.1) is 0 Å². The van der Waals surface area contributed by atoms with E-state index in [0.717, 1.165) is 17.7 Å². The van der Waals surface area contributed by atoms with Crippen molar-refractivity contribution in [1.82, 2.24) is 5.32 Å². The highest BCUT2D eigenvalue weighted by molar-refractivity contribution is 7.92. The number of halogens is 3. The summed E-state index contributed by atoms with van der Waals surface area (Å²) in [6.45, 7) is 3.24. The Morgan fingerprint density at radius 2 is 1.62 bits per heavy atom. The van der Waals surface area contributed by atoms with Crippen molar-refractivity contribution in [2.75, 3.05) is 4.72 Å². The van der Waals surface area contributed by atoms with Crippen LogP contribution in [0.15, 0.2) is 71.6 Å². The molecule has 0 bridgehead atoms. The van der Waals surface area contributed by atoms with Crippen molar-refractivity contribution in [3.05, 3.63) is 94.5 Å². The van der Waals surface area contributed by atoms with E-state index in [0.29, 0.717) is 11.3 Å². The Labute approximate surface area is 184 Å². The van der Waals surface area contributed by atoms with Crippen molar-refractivity contribution < 1.29 is 26.4 Å². The second-order valence-corrected chi connectivity index (χ2v) is 8.93. The van der Waals surface area contributed by atoms with Gasteiger partial charge < -0.3 is 5.32 Å². The number of carbonyl (C=O) groups excluding carboxylic acids is 1. The van der Waals surface area contributed by atoms with E-state index in [9.17, 15) is 26.4 Å². The summed E-state index contributed by atoms with van der Waals surface area (Å²) in [6.07, 6.45) is -4.48. The van der Waals surface area contributed by atoms with Gasteiger partial charge in [0, 0.05) is 12.1 Å². The maximum Gasteiger partial charge on any atom is 0.416 e. The Morgan fingerprint density at radius 3 is 2.31 bits per heavy atom.